The molecule has 113 valence electrons. The van der Waals surface area contributed by atoms with Crippen LogP contribution in [0.25, 0.3) is 0 Å². The molecule has 1 radical (unpaired) electrons. The number of rotatable bonds is 4. The largest absolute Gasteiger partial charge is 3.00 e. The molecule has 0 nitrogen and oxygen atoms in total. The average Bonchev–Trinajstić information content (AvgIpc) is 2.82. The second-order valence-electron chi connectivity index (χ2n) is 5.48. The minimum Gasteiger partial charge on any atom is -1.00 e. The van der Waals surface area contributed by atoms with Gasteiger partial charge in [0, 0.05) is 10.1 Å². The van der Waals surface area contributed by atoms with Gasteiger partial charge < -0.3 is 24.8 Å². The smallest absolute Gasteiger partial charge is 1.00 e. The first-order valence-electron chi connectivity index (χ1n) is 6.56. The van der Waals surface area contributed by atoms with Crippen molar-refractivity contribution in [2.24, 2.45) is 0 Å². The quantitative estimate of drug-likeness (QED) is 0.336. The summed E-state index contributed by atoms with van der Waals surface area (Å²) < 4.78 is 0. The van der Waals surface area contributed by atoms with E-state index in [4.69, 9.17) is 0 Å². The number of hydrogen-bond donors (Lipinski definition) is 0. The van der Waals surface area contributed by atoms with E-state index in [9.17, 15) is 0 Å². The van der Waals surface area contributed by atoms with Crippen molar-refractivity contribution in [1.82, 2.24) is 0 Å². The van der Waals surface area contributed by atoms with Gasteiger partial charge in [-0.15, -0.1) is 18.2 Å². The predicted octanol–water partition coefficient (Wildman–Crippen LogP) is -1.66. The van der Waals surface area contributed by atoms with Crippen molar-refractivity contribution in [1.29, 1.82) is 0 Å². The van der Waals surface area contributed by atoms with Gasteiger partial charge in [-0.25, -0.2) is 11.3 Å². The summed E-state index contributed by atoms with van der Waals surface area (Å²) in [7, 11) is -1.56. The third-order valence-corrected chi connectivity index (χ3v) is 8.03. The maximum Gasteiger partial charge on any atom is 3.00 e. The summed E-state index contributed by atoms with van der Waals surface area (Å²) in [4.78, 5) is 1.46. The van der Waals surface area contributed by atoms with Gasteiger partial charge in [0.1, 0.15) is 0 Å². The molecule has 0 saturated carbocycles. The molecule has 1 aromatic rings. The Balaban J connectivity index is 0. The van der Waals surface area contributed by atoms with Crippen LogP contribution in [-0.4, -0.2) is 13.3 Å². The van der Waals surface area contributed by atoms with Crippen molar-refractivity contribution >= 4 is 25.0 Å². The molecule has 2 rings (SSSR count). The van der Waals surface area contributed by atoms with E-state index in [1.54, 1.807) is 5.19 Å². The van der Waals surface area contributed by atoms with Crippen LogP contribution < -0.4 is 30.0 Å². The first-order valence-corrected chi connectivity index (χ1v) is 10.4. The molecule has 0 aromatic heterocycles. The zero-order valence-electron chi connectivity index (χ0n) is 12.9. The molecule has 21 heavy (non-hydrogen) atoms. The topological polar surface area (TPSA) is 0 Å². The monoisotopic (exact) mass is 391 g/mol. The van der Waals surface area contributed by atoms with Crippen molar-refractivity contribution in [3.05, 3.63) is 47.7 Å². The summed E-state index contributed by atoms with van der Waals surface area (Å²) in [5.74, 6) is 0. The Hall–Kier alpha value is 0.561. The molecule has 0 spiro atoms. The van der Waals surface area contributed by atoms with Crippen LogP contribution in [0, 0.1) is 6.08 Å². The van der Waals surface area contributed by atoms with Crippen molar-refractivity contribution in [2.45, 2.75) is 43.5 Å². The first kappa shape index (κ1) is 23.8. The fourth-order valence-electron chi connectivity index (χ4n) is 2.32. The fraction of sp³-hybridized carbons (Fsp3) is 0.375. The van der Waals surface area contributed by atoms with Gasteiger partial charge in [-0.3, -0.25) is 6.08 Å². The van der Waals surface area contributed by atoms with Crippen LogP contribution in [-0.2, 0) is 21.7 Å². The molecule has 5 heteroatoms. The average molecular weight is 392 g/mol. The molecular weight excluding hydrogens is 371 g/mol. The zero-order chi connectivity index (χ0) is 13.2. The summed E-state index contributed by atoms with van der Waals surface area (Å²) in [5, 5.41) is 3.64. The number of allylic oxidation sites excluding steroid dienone is 4. The Bertz CT molecular complexity index is 499. The number of halogens is 2. The molecular formula is C16H21Cl2SSiTi. The van der Waals surface area contributed by atoms with Crippen LogP contribution in [0.4, 0.5) is 0 Å². The van der Waals surface area contributed by atoms with E-state index in [1.165, 1.54) is 10.1 Å². The molecule has 1 aliphatic carbocycles. The molecule has 1 aromatic carbocycles. The zero-order valence-corrected chi connectivity index (χ0v) is 17.8. The summed E-state index contributed by atoms with van der Waals surface area (Å²) in [6.07, 6.45) is 9.03. The van der Waals surface area contributed by atoms with Crippen molar-refractivity contribution in [3.63, 3.8) is 0 Å². The second-order valence-corrected chi connectivity index (χ2v) is 11.4. The van der Waals surface area contributed by atoms with Crippen LogP contribution in [0.2, 0.25) is 13.1 Å². The Morgan fingerprint density at radius 1 is 1.14 bits per heavy atom. The van der Waals surface area contributed by atoms with E-state index in [1.807, 2.05) is 11.8 Å². The molecule has 0 bridgehead atoms. The van der Waals surface area contributed by atoms with Gasteiger partial charge >= 0.3 is 21.7 Å². The second kappa shape index (κ2) is 10.4. The van der Waals surface area contributed by atoms with E-state index in [-0.39, 0.29) is 46.5 Å². The molecule has 0 atom stereocenters. The SMILES string of the molecule is CC(C)Sc1ccccc1[Si](C)(C)C1=[C-]CC=C1.[Cl-].[Cl-].[Ti+3]. The van der Waals surface area contributed by atoms with Gasteiger partial charge in [0.2, 0.25) is 0 Å². The molecule has 0 aliphatic heterocycles. The Morgan fingerprint density at radius 3 is 2.29 bits per heavy atom. The van der Waals surface area contributed by atoms with E-state index < -0.39 is 8.07 Å². The summed E-state index contributed by atoms with van der Waals surface area (Å²) in [6.45, 7) is 9.39. The fourth-order valence-corrected chi connectivity index (χ4v) is 6.70. The molecule has 0 saturated heterocycles. The van der Waals surface area contributed by atoms with E-state index in [0.29, 0.717) is 5.25 Å². The van der Waals surface area contributed by atoms with Gasteiger partial charge in [-0.05, 0) is 11.3 Å². The molecule has 0 amide bonds. The van der Waals surface area contributed by atoms with Crippen LogP contribution in [0.5, 0.6) is 0 Å². The van der Waals surface area contributed by atoms with E-state index >= 15 is 0 Å². The minimum atomic E-state index is -1.56. The number of hydrogen-bond acceptors (Lipinski definition) is 1. The Kier molecular flexibility index (Phi) is 11.7. The normalized spacial score (nSPS) is 13.1. The first-order chi connectivity index (χ1) is 8.51. The Labute approximate surface area is 162 Å². The van der Waals surface area contributed by atoms with Gasteiger partial charge in [0.25, 0.3) is 0 Å². The Morgan fingerprint density at radius 2 is 1.76 bits per heavy atom. The molecule has 0 unspecified atom stereocenters. The van der Waals surface area contributed by atoms with Crippen LogP contribution in [0.1, 0.15) is 20.3 Å². The van der Waals surface area contributed by atoms with Crippen LogP contribution in [0.3, 0.4) is 0 Å². The summed E-state index contributed by atoms with van der Waals surface area (Å²) in [6, 6.07) is 8.92. The molecule has 0 heterocycles. The van der Waals surface area contributed by atoms with Gasteiger partial charge in [0.05, 0.1) is 8.07 Å². The van der Waals surface area contributed by atoms with Crippen molar-refractivity contribution in [3.8, 4) is 0 Å². The molecule has 1 aliphatic rings. The number of thioether (sulfide) groups is 1. The summed E-state index contributed by atoms with van der Waals surface area (Å²) >= 11 is 1.98. The van der Waals surface area contributed by atoms with E-state index in [0.717, 1.165) is 6.42 Å². The third kappa shape index (κ3) is 5.93. The predicted molar refractivity (Wildman–Crippen MR) is 85.1 cm³/mol. The summed E-state index contributed by atoms with van der Waals surface area (Å²) in [5.41, 5.74) is 0. The van der Waals surface area contributed by atoms with Crippen molar-refractivity contribution < 1.29 is 46.5 Å². The van der Waals surface area contributed by atoms with Crippen molar-refractivity contribution in [2.75, 3.05) is 0 Å². The minimum absolute atomic E-state index is 0. The van der Waals surface area contributed by atoms with Crippen LogP contribution >= 0.6 is 11.8 Å². The standard InChI is InChI=1S/C16H21SSi.2ClH.Ti/c1-13(2)17-15-11-7-8-12-16(15)18(3,4)14-9-5-6-10-14;;;/h5,7-9,11-13H,6H2,1-4H3;2*1H;/q-1;;;+3/p-2. The van der Waals surface area contributed by atoms with E-state index in [2.05, 4.69) is 69.4 Å². The van der Waals surface area contributed by atoms with Gasteiger partial charge in [0.15, 0.2) is 0 Å². The molecule has 0 fully saturated rings. The maximum atomic E-state index is 3.53. The maximum absolute atomic E-state index is 3.53. The van der Waals surface area contributed by atoms with Crippen LogP contribution in [0.15, 0.2) is 46.5 Å². The third-order valence-electron chi connectivity index (χ3n) is 3.29. The molecule has 0 N–H and O–H groups in total. The van der Waals surface area contributed by atoms with Gasteiger partial charge in [-0.2, -0.15) is 6.08 Å². The number of benzene rings is 1. The van der Waals surface area contributed by atoms with Gasteiger partial charge in [-0.1, -0.05) is 45.1 Å².